The molecule has 0 atom stereocenters. The fourth-order valence-electron chi connectivity index (χ4n) is 1.40. The molecule has 3 heteroatoms. The van der Waals surface area contributed by atoms with Crippen LogP contribution in [0.1, 0.15) is 11.3 Å². The molecule has 68 valence electrons. The topological polar surface area (TPSA) is 29.3 Å². The van der Waals surface area contributed by atoms with Crippen molar-refractivity contribution in [3.63, 3.8) is 0 Å². The molecule has 0 aliphatic rings. The van der Waals surface area contributed by atoms with Crippen molar-refractivity contribution in [3.05, 3.63) is 35.8 Å². The van der Waals surface area contributed by atoms with Gasteiger partial charge in [-0.05, 0) is 31.7 Å². The van der Waals surface area contributed by atoms with Crippen molar-refractivity contribution in [2.45, 2.75) is 13.5 Å². The molecule has 0 saturated heterocycles. The van der Waals surface area contributed by atoms with Gasteiger partial charge in [0, 0.05) is 18.9 Å². The van der Waals surface area contributed by atoms with Crippen LogP contribution in [0.4, 0.5) is 0 Å². The molecule has 1 N–H and O–H groups in total. The summed E-state index contributed by atoms with van der Waals surface area (Å²) in [7, 11) is 1.93. The lowest BCUT2D eigenvalue weighted by atomic mass is 10.3. The highest BCUT2D eigenvalue weighted by atomic mass is 15.0. The van der Waals surface area contributed by atoms with Gasteiger partial charge in [-0.3, -0.25) is 0 Å². The SMILES string of the molecule is CNCc1cn2ccc(C)cc2n1. The molecule has 0 aliphatic carbocycles. The summed E-state index contributed by atoms with van der Waals surface area (Å²) in [6.45, 7) is 2.90. The number of fused-ring (bicyclic) bond motifs is 1. The number of nitrogens with one attached hydrogen (secondary N) is 1. The van der Waals surface area contributed by atoms with Crippen LogP contribution in [-0.2, 0) is 6.54 Å². The van der Waals surface area contributed by atoms with Crippen LogP contribution in [-0.4, -0.2) is 16.4 Å². The second kappa shape index (κ2) is 3.18. The quantitative estimate of drug-likeness (QED) is 0.746. The maximum absolute atomic E-state index is 4.46. The number of pyridine rings is 1. The number of aryl methyl sites for hydroxylation is 1. The summed E-state index contributed by atoms with van der Waals surface area (Å²) in [5.74, 6) is 0. The van der Waals surface area contributed by atoms with Crippen LogP contribution in [0.3, 0.4) is 0 Å². The molecule has 0 fully saturated rings. The zero-order valence-corrected chi connectivity index (χ0v) is 7.91. The van der Waals surface area contributed by atoms with Crippen molar-refractivity contribution in [1.82, 2.24) is 14.7 Å². The molecule has 0 amide bonds. The molecule has 0 aliphatic heterocycles. The summed E-state index contributed by atoms with van der Waals surface area (Å²) >= 11 is 0. The van der Waals surface area contributed by atoms with Crippen LogP contribution >= 0.6 is 0 Å². The Bertz CT molecular complexity index is 417. The van der Waals surface area contributed by atoms with Gasteiger partial charge in [0.05, 0.1) is 5.69 Å². The second-order valence-electron chi connectivity index (χ2n) is 3.23. The monoisotopic (exact) mass is 175 g/mol. The number of hydrogen-bond donors (Lipinski definition) is 1. The Morgan fingerprint density at radius 1 is 1.54 bits per heavy atom. The predicted octanol–water partition coefficient (Wildman–Crippen LogP) is 1.36. The molecular formula is C10H13N3. The number of hydrogen-bond acceptors (Lipinski definition) is 2. The van der Waals surface area contributed by atoms with E-state index in [1.165, 1.54) is 5.56 Å². The number of rotatable bonds is 2. The molecule has 2 heterocycles. The Kier molecular flexibility index (Phi) is 2.02. The Morgan fingerprint density at radius 3 is 3.15 bits per heavy atom. The molecular weight excluding hydrogens is 162 g/mol. The molecule has 2 aromatic rings. The van der Waals surface area contributed by atoms with Gasteiger partial charge in [0.1, 0.15) is 5.65 Å². The minimum absolute atomic E-state index is 0.820. The predicted molar refractivity (Wildman–Crippen MR) is 52.7 cm³/mol. The molecule has 0 saturated carbocycles. The van der Waals surface area contributed by atoms with Crippen molar-refractivity contribution in [3.8, 4) is 0 Å². The van der Waals surface area contributed by atoms with E-state index in [9.17, 15) is 0 Å². The number of imidazole rings is 1. The zero-order chi connectivity index (χ0) is 9.26. The van der Waals surface area contributed by atoms with E-state index < -0.39 is 0 Å². The first-order chi connectivity index (χ1) is 6.29. The van der Waals surface area contributed by atoms with Gasteiger partial charge in [-0.1, -0.05) is 0 Å². The third-order valence-electron chi connectivity index (χ3n) is 2.02. The van der Waals surface area contributed by atoms with Crippen LogP contribution in [0.5, 0.6) is 0 Å². The summed E-state index contributed by atoms with van der Waals surface area (Å²) in [6.07, 6.45) is 4.09. The Morgan fingerprint density at radius 2 is 2.38 bits per heavy atom. The van der Waals surface area contributed by atoms with Gasteiger partial charge in [-0.2, -0.15) is 0 Å². The molecule has 3 nitrogen and oxygen atoms in total. The highest BCUT2D eigenvalue weighted by Gasteiger charge is 1.99. The maximum atomic E-state index is 4.46. The van der Waals surface area contributed by atoms with Gasteiger partial charge in [-0.25, -0.2) is 4.98 Å². The largest absolute Gasteiger partial charge is 0.314 e. The lowest BCUT2D eigenvalue weighted by Gasteiger charge is -1.92. The van der Waals surface area contributed by atoms with Gasteiger partial charge in [0.2, 0.25) is 0 Å². The van der Waals surface area contributed by atoms with Crippen molar-refractivity contribution < 1.29 is 0 Å². The first kappa shape index (κ1) is 8.26. The summed E-state index contributed by atoms with van der Waals surface area (Å²) in [5.41, 5.74) is 3.34. The van der Waals surface area contributed by atoms with Gasteiger partial charge in [0.15, 0.2) is 0 Å². The lowest BCUT2D eigenvalue weighted by Crippen LogP contribution is -2.04. The summed E-state index contributed by atoms with van der Waals surface area (Å²) in [4.78, 5) is 4.46. The van der Waals surface area contributed by atoms with E-state index in [1.807, 2.05) is 23.8 Å². The highest BCUT2D eigenvalue weighted by Crippen LogP contribution is 2.06. The molecule has 13 heavy (non-hydrogen) atoms. The van der Waals surface area contributed by atoms with Crippen LogP contribution in [0, 0.1) is 6.92 Å². The third-order valence-corrected chi connectivity index (χ3v) is 2.02. The van der Waals surface area contributed by atoms with Crippen LogP contribution in [0.25, 0.3) is 5.65 Å². The summed E-state index contributed by atoms with van der Waals surface area (Å²) < 4.78 is 2.04. The van der Waals surface area contributed by atoms with Crippen molar-refractivity contribution >= 4 is 5.65 Å². The smallest absolute Gasteiger partial charge is 0.137 e. The molecule has 0 spiro atoms. The molecule has 0 aromatic carbocycles. The van der Waals surface area contributed by atoms with Crippen molar-refractivity contribution in [2.75, 3.05) is 7.05 Å². The molecule has 2 rings (SSSR count). The minimum atomic E-state index is 0.820. The first-order valence-corrected chi connectivity index (χ1v) is 4.38. The average molecular weight is 175 g/mol. The molecule has 0 unspecified atom stereocenters. The Labute approximate surface area is 77.4 Å². The van der Waals surface area contributed by atoms with E-state index in [1.54, 1.807) is 0 Å². The van der Waals surface area contributed by atoms with Gasteiger partial charge < -0.3 is 9.72 Å². The van der Waals surface area contributed by atoms with Crippen LogP contribution in [0.15, 0.2) is 24.5 Å². The van der Waals surface area contributed by atoms with Crippen LogP contribution < -0.4 is 5.32 Å². The minimum Gasteiger partial charge on any atom is -0.314 e. The van der Waals surface area contributed by atoms with E-state index >= 15 is 0 Å². The van der Waals surface area contributed by atoms with Crippen LogP contribution in [0.2, 0.25) is 0 Å². The average Bonchev–Trinajstić information content (AvgIpc) is 2.46. The molecule has 0 bridgehead atoms. The lowest BCUT2D eigenvalue weighted by molar-refractivity contribution is 0.798. The van der Waals surface area contributed by atoms with Gasteiger partial charge >= 0.3 is 0 Å². The molecule has 0 radical (unpaired) electrons. The second-order valence-corrected chi connectivity index (χ2v) is 3.23. The van der Waals surface area contributed by atoms with E-state index in [-0.39, 0.29) is 0 Å². The van der Waals surface area contributed by atoms with Gasteiger partial charge in [0.25, 0.3) is 0 Å². The zero-order valence-electron chi connectivity index (χ0n) is 7.91. The standard InChI is InChI=1S/C10H13N3/c1-8-3-4-13-7-9(6-11-2)12-10(13)5-8/h3-5,7,11H,6H2,1-2H3. The van der Waals surface area contributed by atoms with E-state index in [2.05, 4.69) is 29.4 Å². The Balaban J connectivity index is 2.49. The van der Waals surface area contributed by atoms with E-state index in [4.69, 9.17) is 0 Å². The highest BCUT2D eigenvalue weighted by molar-refractivity contribution is 5.42. The Hall–Kier alpha value is -1.35. The summed E-state index contributed by atoms with van der Waals surface area (Å²) in [6, 6.07) is 4.16. The molecule has 2 aromatic heterocycles. The van der Waals surface area contributed by atoms with E-state index in [0.29, 0.717) is 0 Å². The fourth-order valence-corrected chi connectivity index (χ4v) is 1.40. The van der Waals surface area contributed by atoms with Crippen molar-refractivity contribution in [1.29, 1.82) is 0 Å². The van der Waals surface area contributed by atoms with Gasteiger partial charge in [-0.15, -0.1) is 0 Å². The summed E-state index contributed by atoms with van der Waals surface area (Å²) in [5, 5.41) is 3.08. The van der Waals surface area contributed by atoms with Crippen molar-refractivity contribution in [2.24, 2.45) is 0 Å². The third kappa shape index (κ3) is 1.55. The number of aromatic nitrogens is 2. The number of nitrogens with zero attached hydrogens (tertiary/aromatic N) is 2. The van der Waals surface area contributed by atoms with E-state index in [0.717, 1.165) is 17.9 Å². The normalized spacial score (nSPS) is 10.9. The first-order valence-electron chi connectivity index (χ1n) is 4.38. The maximum Gasteiger partial charge on any atom is 0.137 e. The fraction of sp³-hybridized carbons (Fsp3) is 0.300.